The molecule has 176 valence electrons. The van der Waals surface area contributed by atoms with Crippen LogP contribution in [-0.4, -0.2) is 56.9 Å². The van der Waals surface area contributed by atoms with Crippen LogP contribution in [0.25, 0.3) is 0 Å². The number of fused-ring (bicyclic) bond motifs is 1. The summed E-state index contributed by atoms with van der Waals surface area (Å²) < 4.78 is 14.8. The summed E-state index contributed by atoms with van der Waals surface area (Å²) in [5, 5.41) is 7.40. The van der Waals surface area contributed by atoms with Crippen LogP contribution in [0.5, 0.6) is 0 Å². The van der Waals surface area contributed by atoms with Crippen molar-refractivity contribution in [3.8, 4) is 0 Å². The Bertz CT molecular complexity index is 1040. The van der Waals surface area contributed by atoms with Gasteiger partial charge in [0.1, 0.15) is 5.82 Å². The van der Waals surface area contributed by atoms with Crippen molar-refractivity contribution in [2.75, 3.05) is 19.6 Å². The number of piperidine rings is 1. The highest BCUT2D eigenvalue weighted by molar-refractivity contribution is 5.94. The van der Waals surface area contributed by atoms with Crippen molar-refractivity contribution in [3.63, 3.8) is 0 Å². The topological polar surface area (TPSA) is 87.5 Å². The van der Waals surface area contributed by atoms with Crippen molar-refractivity contribution < 1.29 is 18.8 Å². The van der Waals surface area contributed by atoms with Gasteiger partial charge in [0.2, 0.25) is 11.8 Å². The lowest BCUT2D eigenvalue weighted by Crippen LogP contribution is -2.43. The maximum absolute atomic E-state index is 13.3. The van der Waals surface area contributed by atoms with Gasteiger partial charge in [0.15, 0.2) is 5.69 Å². The van der Waals surface area contributed by atoms with Gasteiger partial charge >= 0.3 is 0 Å². The van der Waals surface area contributed by atoms with E-state index in [9.17, 15) is 18.8 Å². The van der Waals surface area contributed by atoms with E-state index >= 15 is 0 Å². The molecule has 1 fully saturated rings. The molecule has 1 aromatic carbocycles. The molecule has 0 spiro atoms. The molecule has 2 aromatic rings. The molecule has 0 radical (unpaired) electrons. The number of hydrogen-bond donors (Lipinski definition) is 1. The molecule has 1 N–H and O–H groups in total. The minimum atomic E-state index is -0.305. The van der Waals surface area contributed by atoms with Crippen LogP contribution in [0.3, 0.4) is 0 Å². The molecule has 2 aliphatic heterocycles. The van der Waals surface area contributed by atoms with E-state index in [2.05, 4.69) is 10.4 Å². The number of rotatable bonds is 5. The summed E-state index contributed by atoms with van der Waals surface area (Å²) in [6, 6.07) is 6.05. The minimum Gasteiger partial charge on any atom is -0.352 e. The van der Waals surface area contributed by atoms with Crippen molar-refractivity contribution in [3.05, 3.63) is 52.6 Å². The van der Waals surface area contributed by atoms with Crippen LogP contribution in [0.2, 0.25) is 0 Å². The van der Waals surface area contributed by atoms with E-state index in [0.29, 0.717) is 64.1 Å². The van der Waals surface area contributed by atoms with Gasteiger partial charge < -0.3 is 15.1 Å². The van der Waals surface area contributed by atoms with Gasteiger partial charge in [-0.3, -0.25) is 19.1 Å². The maximum atomic E-state index is 13.3. The zero-order valence-corrected chi connectivity index (χ0v) is 19.1. The summed E-state index contributed by atoms with van der Waals surface area (Å²) in [4.78, 5) is 41.5. The van der Waals surface area contributed by atoms with Gasteiger partial charge in [-0.1, -0.05) is 19.1 Å². The third-order valence-electron chi connectivity index (χ3n) is 6.63. The van der Waals surface area contributed by atoms with Crippen LogP contribution < -0.4 is 5.32 Å². The van der Waals surface area contributed by atoms with E-state index in [1.165, 1.54) is 12.1 Å². The second-order valence-electron chi connectivity index (χ2n) is 8.73. The number of carbonyl (C=O) groups excluding carboxylic acids is 3. The highest BCUT2D eigenvalue weighted by Gasteiger charge is 2.33. The summed E-state index contributed by atoms with van der Waals surface area (Å²) in [6.07, 6.45) is 2.29. The fourth-order valence-electron chi connectivity index (χ4n) is 4.63. The van der Waals surface area contributed by atoms with Crippen molar-refractivity contribution in [2.24, 2.45) is 13.0 Å². The highest BCUT2D eigenvalue weighted by atomic mass is 19.1. The Hall–Kier alpha value is -3.23. The second kappa shape index (κ2) is 9.72. The monoisotopic (exact) mass is 455 g/mol. The number of benzene rings is 1. The molecule has 9 heteroatoms. The van der Waals surface area contributed by atoms with E-state index in [4.69, 9.17) is 0 Å². The van der Waals surface area contributed by atoms with Crippen molar-refractivity contribution in [1.82, 2.24) is 24.9 Å². The molecule has 3 amide bonds. The molecule has 0 saturated carbocycles. The second-order valence-corrected chi connectivity index (χ2v) is 8.73. The zero-order valence-electron chi connectivity index (χ0n) is 19.1. The standard InChI is InChI=1S/C24H30FN5O3/c1-3-21(31)30-13-10-20-19(15-30)22(27-28(20)2)24(33)29-11-8-17(9-12-29)23(32)26-14-16-4-6-18(25)7-5-16/h4-7,17H,3,8-15H2,1-2H3,(H,26,32). The van der Waals surface area contributed by atoms with Crippen LogP contribution in [0.15, 0.2) is 24.3 Å². The normalized spacial score (nSPS) is 16.5. The molecule has 8 nitrogen and oxygen atoms in total. The lowest BCUT2D eigenvalue weighted by molar-refractivity contribution is -0.131. The summed E-state index contributed by atoms with van der Waals surface area (Å²) in [5.41, 5.74) is 3.11. The van der Waals surface area contributed by atoms with Gasteiger partial charge in [-0.05, 0) is 30.5 Å². The lowest BCUT2D eigenvalue weighted by Gasteiger charge is -2.32. The zero-order chi connectivity index (χ0) is 23.5. The number of hydrogen-bond acceptors (Lipinski definition) is 4. The molecule has 0 aliphatic carbocycles. The van der Waals surface area contributed by atoms with E-state index in [1.807, 2.05) is 14.0 Å². The van der Waals surface area contributed by atoms with E-state index in [-0.39, 0.29) is 29.5 Å². The SMILES string of the molecule is CCC(=O)N1CCc2c(c(C(=O)N3CCC(C(=O)NCc4ccc(F)cc4)CC3)nn2C)C1. The first-order valence-corrected chi connectivity index (χ1v) is 11.5. The van der Waals surface area contributed by atoms with Crippen molar-refractivity contribution in [1.29, 1.82) is 0 Å². The molecule has 33 heavy (non-hydrogen) atoms. The summed E-state index contributed by atoms with van der Waals surface area (Å²) in [7, 11) is 1.84. The van der Waals surface area contributed by atoms with Gasteiger partial charge in [0.25, 0.3) is 5.91 Å². The summed E-state index contributed by atoms with van der Waals surface area (Å²) >= 11 is 0. The Kier molecular flexibility index (Phi) is 6.76. The first-order valence-electron chi connectivity index (χ1n) is 11.5. The number of likely N-dealkylation sites (tertiary alicyclic amines) is 1. The molecular weight excluding hydrogens is 425 g/mol. The molecule has 2 aliphatic rings. The first-order chi connectivity index (χ1) is 15.9. The Morgan fingerprint density at radius 3 is 2.45 bits per heavy atom. The summed E-state index contributed by atoms with van der Waals surface area (Å²) in [5.74, 6) is -0.570. The third kappa shape index (κ3) is 4.91. The predicted molar refractivity (Wildman–Crippen MR) is 119 cm³/mol. The smallest absolute Gasteiger partial charge is 0.274 e. The largest absolute Gasteiger partial charge is 0.352 e. The van der Waals surface area contributed by atoms with Crippen molar-refractivity contribution in [2.45, 2.75) is 45.7 Å². The number of aryl methyl sites for hydroxylation is 1. The molecule has 0 atom stereocenters. The maximum Gasteiger partial charge on any atom is 0.274 e. The van der Waals surface area contributed by atoms with Gasteiger partial charge in [0.05, 0.1) is 0 Å². The number of halogens is 1. The Morgan fingerprint density at radius 1 is 1.09 bits per heavy atom. The quantitative estimate of drug-likeness (QED) is 0.747. The minimum absolute atomic E-state index is 0.0460. The number of aromatic nitrogens is 2. The third-order valence-corrected chi connectivity index (χ3v) is 6.63. The molecular formula is C24H30FN5O3. The Balaban J connectivity index is 1.35. The molecule has 1 aromatic heterocycles. The van der Waals surface area contributed by atoms with Gasteiger partial charge in [-0.25, -0.2) is 4.39 Å². The average molecular weight is 456 g/mol. The predicted octanol–water partition coefficient (Wildman–Crippen LogP) is 2.02. The van der Waals surface area contributed by atoms with Crippen LogP contribution in [0.1, 0.15) is 53.5 Å². The first kappa shape index (κ1) is 22.9. The van der Waals surface area contributed by atoms with E-state index < -0.39 is 0 Å². The van der Waals surface area contributed by atoms with E-state index in [0.717, 1.165) is 16.8 Å². The van der Waals surface area contributed by atoms with Gasteiger partial charge in [-0.15, -0.1) is 0 Å². The number of nitrogens with zero attached hydrogens (tertiary/aromatic N) is 4. The molecule has 4 rings (SSSR count). The summed E-state index contributed by atoms with van der Waals surface area (Å²) in [6.45, 7) is 4.22. The number of carbonyl (C=O) groups is 3. The van der Waals surface area contributed by atoms with Crippen LogP contribution in [0, 0.1) is 11.7 Å². The fourth-order valence-corrected chi connectivity index (χ4v) is 4.63. The van der Waals surface area contributed by atoms with Crippen LogP contribution >= 0.6 is 0 Å². The molecule has 1 saturated heterocycles. The van der Waals surface area contributed by atoms with Gasteiger partial charge in [-0.2, -0.15) is 5.10 Å². The highest BCUT2D eigenvalue weighted by Crippen LogP contribution is 2.26. The molecule has 0 unspecified atom stereocenters. The fraction of sp³-hybridized carbons (Fsp3) is 0.500. The average Bonchev–Trinajstić information content (AvgIpc) is 3.18. The lowest BCUT2D eigenvalue weighted by atomic mass is 9.95. The Labute approximate surface area is 192 Å². The van der Waals surface area contributed by atoms with Crippen LogP contribution in [-0.2, 0) is 36.1 Å². The van der Waals surface area contributed by atoms with E-state index in [1.54, 1.807) is 26.6 Å². The van der Waals surface area contributed by atoms with Gasteiger partial charge in [0, 0.05) is 69.8 Å². The Morgan fingerprint density at radius 2 is 1.79 bits per heavy atom. The number of amides is 3. The van der Waals surface area contributed by atoms with Crippen molar-refractivity contribution >= 4 is 17.7 Å². The molecule has 0 bridgehead atoms. The number of nitrogens with one attached hydrogen (secondary N) is 1. The molecule has 3 heterocycles. The van der Waals surface area contributed by atoms with Crippen LogP contribution in [0.4, 0.5) is 4.39 Å².